The normalized spacial score (nSPS) is 18.2. The first kappa shape index (κ1) is 19.8. The molecule has 0 saturated carbocycles. The molecule has 0 aromatic rings. The summed E-state index contributed by atoms with van der Waals surface area (Å²) in [5.74, 6) is 1.19. The molecule has 1 rings (SSSR count). The van der Waals surface area contributed by atoms with Crippen LogP contribution in [0.3, 0.4) is 0 Å². The summed E-state index contributed by atoms with van der Waals surface area (Å²) >= 11 is 0. The van der Waals surface area contributed by atoms with Gasteiger partial charge in [-0.05, 0) is 32.6 Å². The smallest absolute Gasteiger partial charge is 0.222 e. The Morgan fingerprint density at radius 1 is 1.30 bits per heavy atom. The summed E-state index contributed by atoms with van der Waals surface area (Å²) in [5.41, 5.74) is 0. The third-order valence-corrected chi connectivity index (χ3v) is 4.64. The molecule has 1 heterocycles. The van der Waals surface area contributed by atoms with Gasteiger partial charge in [-0.15, -0.1) is 0 Å². The molecule has 0 radical (unpaired) electrons. The van der Waals surface area contributed by atoms with Crippen LogP contribution in [0.4, 0.5) is 0 Å². The van der Waals surface area contributed by atoms with E-state index in [2.05, 4.69) is 41.3 Å². The zero-order chi connectivity index (χ0) is 17.1. The molecular weight excluding hydrogens is 288 g/mol. The van der Waals surface area contributed by atoms with Gasteiger partial charge in [-0.25, -0.2) is 0 Å². The van der Waals surface area contributed by atoms with E-state index < -0.39 is 0 Å². The van der Waals surface area contributed by atoms with Gasteiger partial charge in [0.1, 0.15) is 0 Å². The van der Waals surface area contributed by atoms with Crippen molar-refractivity contribution in [1.29, 1.82) is 0 Å². The number of hydrogen-bond acceptors (Lipinski definition) is 2. The van der Waals surface area contributed by atoms with Crippen LogP contribution in [0.5, 0.6) is 0 Å². The van der Waals surface area contributed by atoms with Crippen molar-refractivity contribution < 1.29 is 4.79 Å². The quantitative estimate of drug-likeness (QED) is 0.369. The van der Waals surface area contributed by atoms with Gasteiger partial charge in [0.05, 0.1) is 0 Å². The summed E-state index contributed by atoms with van der Waals surface area (Å²) < 4.78 is 0. The van der Waals surface area contributed by atoms with Gasteiger partial charge in [0.15, 0.2) is 5.96 Å². The first-order valence-corrected chi connectivity index (χ1v) is 9.39. The van der Waals surface area contributed by atoms with Gasteiger partial charge in [0.2, 0.25) is 5.91 Å². The van der Waals surface area contributed by atoms with Gasteiger partial charge in [0, 0.05) is 38.6 Å². The Balaban J connectivity index is 2.29. The summed E-state index contributed by atoms with van der Waals surface area (Å²) in [4.78, 5) is 18.2. The molecule has 0 aromatic heterocycles. The lowest BCUT2D eigenvalue weighted by Gasteiger charge is -2.27. The Bertz CT molecular complexity index is 370. The van der Waals surface area contributed by atoms with Crippen LogP contribution < -0.4 is 10.6 Å². The molecule has 5 nitrogen and oxygen atoms in total. The van der Waals surface area contributed by atoms with Gasteiger partial charge >= 0.3 is 0 Å². The molecule has 5 heteroatoms. The van der Waals surface area contributed by atoms with Crippen LogP contribution in [0.1, 0.15) is 72.1 Å². The zero-order valence-corrected chi connectivity index (χ0v) is 15.5. The van der Waals surface area contributed by atoms with Crippen LogP contribution in [-0.4, -0.2) is 49.0 Å². The van der Waals surface area contributed by atoms with E-state index in [4.69, 9.17) is 0 Å². The fraction of sp³-hybridized carbons (Fsp3) is 0.889. The highest BCUT2D eigenvalue weighted by Crippen LogP contribution is 2.17. The van der Waals surface area contributed by atoms with Crippen LogP contribution >= 0.6 is 0 Å². The second-order valence-electron chi connectivity index (χ2n) is 6.58. The summed E-state index contributed by atoms with van der Waals surface area (Å²) in [6.07, 6.45) is 8.72. The highest BCUT2D eigenvalue weighted by atomic mass is 16.2. The molecule has 0 spiro atoms. The lowest BCUT2D eigenvalue weighted by molar-refractivity contribution is -0.129. The van der Waals surface area contributed by atoms with Crippen LogP contribution in [0.15, 0.2) is 4.99 Å². The summed E-state index contributed by atoms with van der Waals surface area (Å²) in [7, 11) is 1.81. The van der Waals surface area contributed by atoms with Crippen LogP contribution in [0.25, 0.3) is 0 Å². The monoisotopic (exact) mass is 324 g/mol. The lowest BCUT2D eigenvalue weighted by Crippen LogP contribution is -2.44. The van der Waals surface area contributed by atoms with Crippen LogP contribution in [0, 0.1) is 0 Å². The van der Waals surface area contributed by atoms with E-state index >= 15 is 0 Å². The highest BCUT2D eigenvalue weighted by molar-refractivity contribution is 5.80. The number of likely N-dealkylation sites (tertiary alicyclic amines) is 1. The van der Waals surface area contributed by atoms with Crippen molar-refractivity contribution in [2.75, 3.05) is 20.1 Å². The van der Waals surface area contributed by atoms with E-state index in [1.165, 1.54) is 25.7 Å². The van der Waals surface area contributed by atoms with E-state index in [0.29, 0.717) is 18.0 Å². The number of rotatable bonds is 10. The number of aliphatic imine (C=N–C) groups is 1. The summed E-state index contributed by atoms with van der Waals surface area (Å²) in [6, 6.07) is 0.799. The highest BCUT2D eigenvalue weighted by Gasteiger charge is 2.26. The van der Waals surface area contributed by atoms with E-state index in [1.807, 2.05) is 7.05 Å². The number of amides is 1. The molecule has 0 aromatic carbocycles. The molecule has 1 aliphatic heterocycles. The number of unbranched alkanes of at least 4 members (excludes halogenated alkanes) is 2. The van der Waals surface area contributed by atoms with Crippen molar-refractivity contribution in [2.24, 2.45) is 4.99 Å². The van der Waals surface area contributed by atoms with Gasteiger partial charge in [0.25, 0.3) is 0 Å². The fourth-order valence-corrected chi connectivity index (χ4v) is 3.19. The Morgan fingerprint density at radius 2 is 2.09 bits per heavy atom. The summed E-state index contributed by atoms with van der Waals surface area (Å²) in [6.45, 7) is 8.38. The predicted molar refractivity (Wildman–Crippen MR) is 97.7 cm³/mol. The number of nitrogens with one attached hydrogen (secondary N) is 2. The molecule has 2 unspecified atom stereocenters. The standard InChI is InChI=1S/C18H36N4O/c1-5-7-8-10-15(3)21-18(19-4)20-13-12-16(6-2)22-14-9-11-17(22)23/h15-16H,5-14H2,1-4H3,(H2,19,20,21). The molecule has 0 bridgehead atoms. The van der Waals surface area contributed by atoms with E-state index in [-0.39, 0.29) is 0 Å². The molecule has 2 N–H and O–H groups in total. The molecule has 2 atom stereocenters. The third-order valence-electron chi connectivity index (χ3n) is 4.64. The van der Waals surface area contributed by atoms with Crippen molar-refractivity contribution in [2.45, 2.75) is 84.2 Å². The van der Waals surface area contributed by atoms with Crippen molar-refractivity contribution in [3.05, 3.63) is 0 Å². The second kappa shape index (κ2) is 11.3. The second-order valence-corrected chi connectivity index (χ2v) is 6.58. The number of carbonyl (C=O) groups is 1. The van der Waals surface area contributed by atoms with Gasteiger partial charge in [-0.1, -0.05) is 33.1 Å². The van der Waals surface area contributed by atoms with Gasteiger partial charge in [-0.3, -0.25) is 9.79 Å². The zero-order valence-electron chi connectivity index (χ0n) is 15.5. The van der Waals surface area contributed by atoms with Crippen molar-refractivity contribution in [1.82, 2.24) is 15.5 Å². The minimum absolute atomic E-state index is 0.323. The van der Waals surface area contributed by atoms with Gasteiger partial charge in [-0.2, -0.15) is 0 Å². The first-order valence-electron chi connectivity index (χ1n) is 9.39. The Morgan fingerprint density at radius 3 is 2.65 bits per heavy atom. The molecule has 1 saturated heterocycles. The van der Waals surface area contributed by atoms with Crippen molar-refractivity contribution >= 4 is 11.9 Å². The average Bonchev–Trinajstić information content (AvgIpc) is 2.96. The molecule has 1 fully saturated rings. The number of guanidine groups is 1. The molecule has 23 heavy (non-hydrogen) atoms. The van der Waals surface area contributed by atoms with Gasteiger partial charge < -0.3 is 15.5 Å². The summed E-state index contributed by atoms with van der Waals surface area (Å²) in [5, 5.41) is 6.85. The largest absolute Gasteiger partial charge is 0.356 e. The van der Waals surface area contributed by atoms with E-state index in [0.717, 1.165) is 44.7 Å². The number of carbonyl (C=O) groups excluding carboxylic acids is 1. The van der Waals surface area contributed by atoms with E-state index in [1.54, 1.807) is 0 Å². The first-order chi connectivity index (χ1) is 11.1. The fourth-order valence-electron chi connectivity index (χ4n) is 3.19. The topological polar surface area (TPSA) is 56.7 Å². The Labute approximate surface area is 142 Å². The third kappa shape index (κ3) is 7.23. The van der Waals surface area contributed by atoms with Crippen molar-refractivity contribution in [3.8, 4) is 0 Å². The lowest BCUT2D eigenvalue weighted by atomic mass is 10.1. The van der Waals surface area contributed by atoms with Crippen LogP contribution in [0.2, 0.25) is 0 Å². The minimum Gasteiger partial charge on any atom is -0.356 e. The Kier molecular flexibility index (Phi) is 9.72. The molecule has 0 aliphatic carbocycles. The maximum absolute atomic E-state index is 11.9. The average molecular weight is 325 g/mol. The van der Waals surface area contributed by atoms with Crippen molar-refractivity contribution in [3.63, 3.8) is 0 Å². The predicted octanol–water partition coefficient (Wildman–Crippen LogP) is 2.91. The maximum atomic E-state index is 11.9. The van der Waals surface area contributed by atoms with E-state index in [9.17, 15) is 4.79 Å². The SMILES string of the molecule is CCCCCC(C)NC(=NC)NCCC(CC)N1CCCC1=O. The Hall–Kier alpha value is -1.26. The molecule has 134 valence electrons. The molecule has 1 amide bonds. The number of nitrogens with zero attached hydrogens (tertiary/aromatic N) is 2. The maximum Gasteiger partial charge on any atom is 0.222 e. The molecular formula is C18H36N4O. The van der Waals surface area contributed by atoms with Crippen LogP contribution in [-0.2, 0) is 4.79 Å². The minimum atomic E-state index is 0.323. The number of hydrogen-bond donors (Lipinski definition) is 2. The molecule has 1 aliphatic rings.